The Hall–Kier alpha value is -2.75. The quantitative estimate of drug-likeness (QED) is 0.647. The average Bonchev–Trinajstić information content (AvgIpc) is 2.61. The molecule has 4 nitrogen and oxygen atoms in total. The second kappa shape index (κ2) is 8.95. The highest BCUT2D eigenvalue weighted by Gasteiger charge is 2.37. The van der Waals surface area contributed by atoms with Gasteiger partial charge in [0.1, 0.15) is 6.04 Å². The summed E-state index contributed by atoms with van der Waals surface area (Å²) in [5.74, 6) is -1.92. The molecule has 0 fully saturated rings. The SMILES string of the molecule is NC(=O)[C@@H](Cc1ccccc1Cl)NC(=O)Cc1cc(C(F)(F)F)cc(C(F)(F)F)c1. The molecule has 162 valence electrons. The minimum Gasteiger partial charge on any atom is -0.368 e. The second-order valence-electron chi connectivity index (χ2n) is 6.41. The molecule has 3 N–H and O–H groups in total. The van der Waals surface area contributed by atoms with Crippen molar-refractivity contribution in [1.82, 2.24) is 5.32 Å². The molecule has 0 aromatic heterocycles. The number of carbonyl (C=O) groups excluding carboxylic acids is 2. The molecule has 2 aromatic carbocycles. The highest BCUT2D eigenvalue weighted by Crippen LogP contribution is 2.36. The Balaban J connectivity index is 2.23. The topological polar surface area (TPSA) is 72.2 Å². The summed E-state index contributed by atoms with van der Waals surface area (Å²) in [5, 5.41) is 2.52. The zero-order chi connectivity index (χ0) is 22.7. The van der Waals surface area contributed by atoms with Crippen molar-refractivity contribution in [2.45, 2.75) is 31.2 Å². The van der Waals surface area contributed by atoms with Crippen LogP contribution in [0.4, 0.5) is 26.3 Å². The fraction of sp³-hybridized carbons (Fsp3) is 0.263. The molecule has 0 aliphatic carbocycles. The van der Waals surface area contributed by atoms with Crippen molar-refractivity contribution in [2.24, 2.45) is 5.73 Å². The molecule has 0 radical (unpaired) electrons. The average molecular weight is 453 g/mol. The number of amides is 2. The lowest BCUT2D eigenvalue weighted by atomic mass is 10.0. The van der Waals surface area contributed by atoms with Crippen molar-refractivity contribution in [2.75, 3.05) is 0 Å². The number of hydrogen-bond acceptors (Lipinski definition) is 2. The smallest absolute Gasteiger partial charge is 0.368 e. The van der Waals surface area contributed by atoms with E-state index in [1.54, 1.807) is 18.2 Å². The summed E-state index contributed by atoms with van der Waals surface area (Å²) in [6, 6.07) is 5.98. The van der Waals surface area contributed by atoms with Gasteiger partial charge in [-0.05, 0) is 35.4 Å². The number of halogens is 7. The predicted molar refractivity (Wildman–Crippen MR) is 96.4 cm³/mol. The maximum atomic E-state index is 12.9. The Labute approximate surface area is 172 Å². The van der Waals surface area contributed by atoms with Gasteiger partial charge in [0, 0.05) is 11.4 Å². The Bertz CT molecular complexity index is 911. The van der Waals surface area contributed by atoms with Crippen LogP contribution in [0.25, 0.3) is 0 Å². The molecule has 30 heavy (non-hydrogen) atoms. The summed E-state index contributed by atoms with van der Waals surface area (Å²) < 4.78 is 77.6. The highest BCUT2D eigenvalue weighted by atomic mass is 35.5. The Morgan fingerprint density at radius 3 is 1.97 bits per heavy atom. The molecule has 0 saturated carbocycles. The van der Waals surface area contributed by atoms with E-state index in [4.69, 9.17) is 17.3 Å². The normalized spacial score (nSPS) is 13.0. The van der Waals surface area contributed by atoms with E-state index in [0.29, 0.717) is 22.7 Å². The summed E-state index contributed by atoms with van der Waals surface area (Å²) in [6.45, 7) is 0. The maximum Gasteiger partial charge on any atom is 0.416 e. The van der Waals surface area contributed by atoms with E-state index in [0.717, 1.165) is 0 Å². The molecule has 2 aromatic rings. The lowest BCUT2D eigenvalue weighted by Crippen LogP contribution is -2.46. The third-order valence-electron chi connectivity index (χ3n) is 4.07. The largest absolute Gasteiger partial charge is 0.416 e. The molecule has 2 amide bonds. The zero-order valence-corrected chi connectivity index (χ0v) is 15.8. The zero-order valence-electron chi connectivity index (χ0n) is 15.1. The van der Waals surface area contributed by atoms with E-state index in [1.165, 1.54) is 6.07 Å². The third kappa shape index (κ3) is 6.38. The number of nitrogens with two attached hydrogens (primary N) is 1. The second-order valence-corrected chi connectivity index (χ2v) is 6.82. The van der Waals surface area contributed by atoms with Crippen molar-refractivity contribution in [3.8, 4) is 0 Å². The van der Waals surface area contributed by atoms with Crippen molar-refractivity contribution in [3.05, 3.63) is 69.7 Å². The number of benzene rings is 2. The van der Waals surface area contributed by atoms with Gasteiger partial charge in [0.15, 0.2) is 0 Å². The van der Waals surface area contributed by atoms with Gasteiger partial charge in [-0.2, -0.15) is 26.3 Å². The summed E-state index contributed by atoms with van der Waals surface area (Å²) >= 11 is 5.98. The van der Waals surface area contributed by atoms with Gasteiger partial charge in [-0.15, -0.1) is 0 Å². The Morgan fingerprint density at radius 1 is 0.967 bits per heavy atom. The lowest BCUT2D eigenvalue weighted by molar-refractivity contribution is -0.143. The molecule has 0 heterocycles. The van der Waals surface area contributed by atoms with Crippen molar-refractivity contribution >= 4 is 23.4 Å². The molecular weight excluding hydrogens is 438 g/mol. The number of rotatable bonds is 6. The van der Waals surface area contributed by atoms with Gasteiger partial charge in [0.25, 0.3) is 0 Å². The molecule has 0 unspecified atom stereocenters. The van der Waals surface area contributed by atoms with Crippen LogP contribution in [0.3, 0.4) is 0 Å². The van der Waals surface area contributed by atoms with Crippen LogP contribution in [-0.4, -0.2) is 17.9 Å². The monoisotopic (exact) mass is 452 g/mol. The van der Waals surface area contributed by atoms with Crippen LogP contribution in [0.15, 0.2) is 42.5 Å². The lowest BCUT2D eigenvalue weighted by Gasteiger charge is -2.17. The van der Waals surface area contributed by atoms with E-state index in [1.807, 2.05) is 0 Å². The number of nitrogens with one attached hydrogen (secondary N) is 1. The van der Waals surface area contributed by atoms with Crippen molar-refractivity contribution in [3.63, 3.8) is 0 Å². The van der Waals surface area contributed by atoms with Crippen LogP contribution < -0.4 is 11.1 Å². The van der Waals surface area contributed by atoms with Gasteiger partial charge in [-0.25, -0.2) is 0 Å². The Kier molecular flexibility index (Phi) is 7.02. The number of alkyl halides is 6. The van der Waals surface area contributed by atoms with Gasteiger partial charge >= 0.3 is 12.4 Å². The van der Waals surface area contributed by atoms with Crippen LogP contribution in [0.2, 0.25) is 5.02 Å². The van der Waals surface area contributed by atoms with Crippen molar-refractivity contribution < 1.29 is 35.9 Å². The minimum atomic E-state index is -5.04. The van der Waals surface area contributed by atoms with E-state index in [9.17, 15) is 35.9 Å². The number of hydrogen-bond donors (Lipinski definition) is 2. The predicted octanol–water partition coefficient (Wildman–Crippen LogP) is 4.13. The molecule has 0 saturated heterocycles. The molecule has 1 atom stereocenters. The molecule has 11 heteroatoms. The maximum absolute atomic E-state index is 12.9. The van der Waals surface area contributed by atoms with Gasteiger partial charge < -0.3 is 11.1 Å². The van der Waals surface area contributed by atoms with Crippen molar-refractivity contribution in [1.29, 1.82) is 0 Å². The molecule has 0 spiro atoms. The van der Waals surface area contributed by atoms with Crippen LogP contribution in [0.5, 0.6) is 0 Å². The molecule has 2 rings (SSSR count). The molecular formula is C19H15ClF6N2O2. The van der Waals surface area contributed by atoms with Gasteiger partial charge in [-0.3, -0.25) is 9.59 Å². The fourth-order valence-electron chi connectivity index (χ4n) is 2.66. The first-order chi connectivity index (χ1) is 13.8. The van der Waals surface area contributed by atoms with Crippen LogP contribution >= 0.6 is 11.6 Å². The van der Waals surface area contributed by atoms with Crippen LogP contribution in [-0.2, 0) is 34.8 Å². The molecule has 0 aliphatic heterocycles. The number of primary amides is 1. The van der Waals surface area contributed by atoms with E-state index < -0.39 is 53.3 Å². The first-order valence-electron chi connectivity index (χ1n) is 8.38. The molecule has 0 bridgehead atoms. The third-order valence-corrected chi connectivity index (χ3v) is 4.44. The van der Waals surface area contributed by atoms with Gasteiger partial charge in [0.05, 0.1) is 17.5 Å². The fourth-order valence-corrected chi connectivity index (χ4v) is 2.87. The van der Waals surface area contributed by atoms with E-state index in [-0.39, 0.29) is 12.5 Å². The number of carbonyl (C=O) groups is 2. The first-order valence-corrected chi connectivity index (χ1v) is 8.75. The minimum absolute atomic E-state index is 0.0367. The van der Waals surface area contributed by atoms with Gasteiger partial charge in [-0.1, -0.05) is 29.8 Å². The summed E-state index contributed by atoms with van der Waals surface area (Å²) in [4.78, 5) is 23.9. The van der Waals surface area contributed by atoms with Gasteiger partial charge in [0.2, 0.25) is 11.8 Å². The summed E-state index contributed by atoms with van der Waals surface area (Å²) in [7, 11) is 0. The van der Waals surface area contributed by atoms with E-state index in [2.05, 4.69) is 5.32 Å². The Morgan fingerprint density at radius 2 is 1.50 bits per heavy atom. The highest BCUT2D eigenvalue weighted by molar-refractivity contribution is 6.31. The van der Waals surface area contributed by atoms with E-state index >= 15 is 0 Å². The molecule has 0 aliphatic rings. The summed E-state index contributed by atoms with van der Waals surface area (Å²) in [6.07, 6.45) is -11.0. The summed E-state index contributed by atoms with van der Waals surface area (Å²) in [5.41, 5.74) is 2.12. The first kappa shape index (κ1) is 23.5. The van der Waals surface area contributed by atoms with Crippen LogP contribution in [0.1, 0.15) is 22.3 Å². The standard InChI is InChI=1S/C19H15ClF6N2O2/c20-14-4-2-1-3-11(14)8-15(17(27)30)28-16(29)7-10-5-12(18(21,22)23)9-13(6-10)19(24,25)26/h1-6,9,15H,7-8H2,(H2,27,30)(H,28,29)/t15-/m1/s1. The van der Waals surface area contributed by atoms with Crippen LogP contribution in [0, 0.1) is 0 Å².